The van der Waals surface area contributed by atoms with Gasteiger partial charge >= 0.3 is 0 Å². The van der Waals surface area contributed by atoms with E-state index in [0.29, 0.717) is 29.3 Å². The molecule has 4 bridgehead atoms. The highest BCUT2D eigenvalue weighted by Gasteiger charge is 2.61. The average Bonchev–Trinajstić information content (AvgIpc) is 3.52. The Kier molecular flexibility index (Phi) is 7.07. The van der Waals surface area contributed by atoms with Crippen molar-refractivity contribution in [2.24, 2.45) is 23.7 Å². The Hall–Kier alpha value is -6.18. The topological polar surface area (TPSA) is 43.0 Å². The number of nitrogens with zero attached hydrogens (tertiary/aromatic N) is 4. The van der Waals surface area contributed by atoms with Gasteiger partial charge in [0.15, 0.2) is 23.2 Å². The van der Waals surface area contributed by atoms with E-state index >= 15 is 0 Å². The molecule has 5 aliphatic carbocycles. The van der Waals surface area contributed by atoms with Crippen LogP contribution in [-0.4, -0.2) is 15.0 Å². The Balaban J connectivity index is 1.05. The van der Waals surface area contributed by atoms with Gasteiger partial charge in [0, 0.05) is 22.1 Å². The van der Waals surface area contributed by atoms with Crippen LogP contribution in [0.4, 0.5) is 5.69 Å². The summed E-state index contributed by atoms with van der Waals surface area (Å²) in [6.45, 7) is 7.90. The van der Waals surface area contributed by atoms with Crippen LogP contribution in [0.15, 0.2) is 146 Å². The summed E-state index contributed by atoms with van der Waals surface area (Å²) in [6.07, 6.45) is 6.76. The molecule has 0 atom stereocenters. The van der Waals surface area contributed by atoms with Gasteiger partial charge in [0.1, 0.15) is 0 Å². The largest absolute Gasteiger partial charge is 0.238 e. The lowest BCUT2D eigenvalue weighted by atomic mass is 9.43. The van der Waals surface area contributed by atoms with Crippen LogP contribution in [0, 0.1) is 30.2 Å². The number of fused-ring (bicyclic) bond motifs is 3. The molecule has 7 aromatic rings. The van der Waals surface area contributed by atoms with Crippen molar-refractivity contribution in [3.63, 3.8) is 0 Å². The predicted molar refractivity (Wildman–Crippen MR) is 217 cm³/mol. The first-order valence-corrected chi connectivity index (χ1v) is 19.4. The number of aromatic nitrogens is 3. The second-order valence-corrected chi connectivity index (χ2v) is 15.9. The summed E-state index contributed by atoms with van der Waals surface area (Å²) < 4.78 is 0. The van der Waals surface area contributed by atoms with E-state index in [0.717, 1.165) is 50.9 Å². The first-order valence-electron chi connectivity index (χ1n) is 19.4. The van der Waals surface area contributed by atoms with E-state index in [1.165, 1.54) is 59.9 Å². The fourth-order valence-corrected chi connectivity index (χ4v) is 11.1. The molecule has 4 nitrogen and oxygen atoms in total. The van der Waals surface area contributed by atoms with E-state index in [9.17, 15) is 0 Å². The number of hydrogen-bond donors (Lipinski definition) is 0. The number of para-hydroxylation sites is 1. The maximum absolute atomic E-state index is 7.90. The molecule has 54 heavy (non-hydrogen) atoms. The Morgan fingerprint density at radius 1 is 0.426 bits per heavy atom. The average molecular weight is 695 g/mol. The van der Waals surface area contributed by atoms with Crippen molar-refractivity contribution in [1.29, 1.82) is 0 Å². The van der Waals surface area contributed by atoms with E-state index in [1.807, 2.05) is 48.5 Å². The molecule has 0 amide bonds. The molecule has 0 saturated heterocycles. The molecule has 1 spiro atoms. The van der Waals surface area contributed by atoms with E-state index in [1.54, 1.807) is 0 Å². The Bertz CT molecular complexity index is 2550. The van der Waals surface area contributed by atoms with E-state index < -0.39 is 0 Å². The monoisotopic (exact) mass is 694 g/mol. The van der Waals surface area contributed by atoms with Crippen LogP contribution in [0.25, 0.3) is 72.4 Å². The molecule has 1 heterocycles. The molecule has 0 unspecified atom stereocenters. The first-order chi connectivity index (χ1) is 26.7. The summed E-state index contributed by atoms with van der Waals surface area (Å²) in [4.78, 5) is 18.9. The zero-order valence-corrected chi connectivity index (χ0v) is 30.0. The van der Waals surface area contributed by atoms with Crippen molar-refractivity contribution in [2.75, 3.05) is 0 Å². The van der Waals surface area contributed by atoms with E-state index in [2.05, 4.69) is 102 Å². The zero-order valence-electron chi connectivity index (χ0n) is 30.0. The molecule has 1 aromatic heterocycles. The fourth-order valence-electron chi connectivity index (χ4n) is 11.1. The highest BCUT2D eigenvalue weighted by atomic mass is 15.0. The smallest absolute Gasteiger partial charge is 0.194 e. The minimum atomic E-state index is 0.0358. The Morgan fingerprint density at radius 2 is 0.981 bits per heavy atom. The highest BCUT2D eigenvalue weighted by Crippen LogP contribution is 2.69. The van der Waals surface area contributed by atoms with Crippen molar-refractivity contribution >= 4 is 5.69 Å². The fraction of sp³-hybridized carbons (Fsp3) is 0.200. The third-order valence-corrected chi connectivity index (χ3v) is 13.1. The van der Waals surface area contributed by atoms with Gasteiger partial charge in [-0.15, -0.1) is 0 Å². The van der Waals surface area contributed by atoms with Crippen LogP contribution in [0.5, 0.6) is 0 Å². The highest BCUT2D eigenvalue weighted by molar-refractivity contribution is 5.89. The predicted octanol–water partition coefficient (Wildman–Crippen LogP) is 12.5. The van der Waals surface area contributed by atoms with Gasteiger partial charge in [0.25, 0.3) is 0 Å². The van der Waals surface area contributed by atoms with Crippen molar-refractivity contribution in [3.05, 3.63) is 168 Å². The van der Waals surface area contributed by atoms with Gasteiger partial charge in [-0.1, -0.05) is 133 Å². The van der Waals surface area contributed by atoms with Gasteiger partial charge in [-0.25, -0.2) is 19.8 Å². The standard InChI is InChI=1S/C50H38N4/c1-51-46-18-9-8-17-41(46)37-19-21-42-43-29-36(20-22-44(43)50(45(42)30-37)39-24-31-23-32(26-39)27-40(50)25-31)35-15-10-16-38(28-35)49-53-47(33-11-4-2-5-12-33)52-48(54-49)34-13-6-3-7-14-34/h2-22,28-32,39-40H,23-27H2. The number of benzene rings is 6. The molecule has 5 aliphatic rings. The van der Waals surface area contributed by atoms with Gasteiger partial charge in [0.05, 0.1) is 6.57 Å². The molecule has 0 N–H and O–H groups in total. The third kappa shape index (κ3) is 4.78. The second-order valence-electron chi connectivity index (χ2n) is 15.9. The van der Waals surface area contributed by atoms with Crippen LogP contribution >= 0.6 is 0 Å². The van der Waals surface area contributed by atoms with Gasteiger partial charge in [-0.05, 0) is 112 Å². The van der Waals surface area contributed by atoms with Crippen molar-refractivity contribution in [2.45, 2.75) is 37.5 Å². The quantitative estimate of drug-likeness (QED) is 0.168. The molecule has 4 heteroatoms. The van der Waals surface area contributed by atoms with Crippen LogP contribution in [0.2, 0.25) is 0 Å². The molecule has 4 saturated carbocycles. The van der Waals surface area contributed by atoms with Crippen LogP contribution in [0.3, 0.4) is 0 Å². The number of rotatable bonds is 5. The molecule has 4 fully saturated rings. The van der Waals surface area contributed by atoms with Crippen LogP contribution in [-0.2, 0) is 5.41 Å². The summed E-state index contributed by atoms with van der Waals surface area (Å²) in [5.41, 5.74) is 14.0. The van der Waals surface area contributed by atoms with E-state index in [-0.39, 0.29) is 5.41 Å². The van der Waals surface area contributed by atoms with Gasteiger partial charge in [-0.2, -0.15) is 0 Å². The molecular weight excluding hydrogens is 657 g/mol. The third-order valence-electron chi connectivity index (χ3n) is 13.1. The Labute approximate surface area is 316 Å². The lowest BCUT2D eigenvalue weighted by molar-refractivity contribution is -0.0399. The molecule has 6 aromatic carbocycles. The minimum absolute atomic E-state index is 0.0358. The maximum Gasteiger partial charge on any atom is 0.194 e. The maximum atomic E-state index is 7.90. The summed E-state index contributed by atoms with van der Waals surface area (Å²) in [5.74, 6) is 5.07. The Morgan fingerprint density at radius 3 is 1.65 bits per heavy atom. The molecular formula is C50H38N4. The van der Waals surface area contributed by atoms with Gasteiger partial charge in [0.2, 0.25) is 0 Å². The van der Waals surface area contributed by atoms with Crippen LogP contribution < -0.4 is 0 Å². The van der Waals surface area contributed by atoms with Crippen LogP contribution in [0.1, 0.15) is 43.2 Å². The zero-order chi connectivity index (χ0) is 35.8. The van der Waals surface area contributed by atoms with Crippen molar-refractivity contribution in [3.8, 4) is 67.5 Å². The summed E-state index contributed by atoms with van der Waals surface area (Å²) in [5, 5.41) is 0. The minimum Gasteiger partial charge on any atom is -0.238 e. The molecule has 0 radical (unpaired) electrons. The van der Waals surface area contributed by atoms with E-state index in [4.69, 9.17) is 21.5 Å². The summed E-state index contributed by atoms with van der Waals surface area (Å²) in [6, 6.07) is 51.5. The lowest BCUT2D eigenvalue weighted by Crippen LogP contribution is -2.55. The van der Waals surface area contributed by atoms with Crippen molar-refractivity contribution < 1.29 is 0 Å². The summed E-state index contributed by atoms with van der Waals surface area (Å²) >= 11 is 0. The molecule has 12 rings (SSSR count). The number of hydrogen-bond acceptors (Lipinski definition) is 3. The van der Waals surface area contributed by atoms with Gasteiger partial charge < -0.3 is 0 Å². The molecule has 0 aliphatic heterocycles. The normalized spacial score (nSPS) is 22.9. The SMILES string of the molecule is [C-]#[N+]c1ccccc1-c1ccc2c(c1)C1(c3ccc(-c4cccc(-c5nc(-c6ccccc6)nc(-c6ccccc6)n5)c4)cc3-2)C2CC3CC(C2)CC1C3. The van der Waals surface area contributed by atoms with Gasteiger partial charge in [-0.3, -0.25) is 0 Å². The first kappa shape index (κ1) is 31.4. The lowest BCUT2D eigenvalue weighted by Gasteiger charge is -2.61. The molecule has 258 valence electrons. The summed E-state index contributed by atoms with van der Waals surface area (Å²) in [7, 11) is 0. The van der Waals surface area contributed by atoms with Crippen molar-refractivity contribution in [1.82, 2.24) is 15.0 Å². The second kappa shape index (κ2) is 12.2.